The van der Waals surface area contributed by atoms with E-state index in [-0.39, 0.29) is 17.9 Å². The average Bonchev–Trinajstić information content (AvgIpc) is 2.50. The lowest BCUT2D eigenvalue weighted by Gasteiger charge is -2.35. The summed E-state index contributed by atoms with van der Waals surface area (Å²) in [4.78, 5) is 24.8. The fourth-order valence-electron chi connectivity index (χ4n) is 2.59. The van der Waals surface area contributed by atoms with Crippen LogP contribution in [0.15, 0.2) is 0 Å². The van der Waals surface area contributed by atoms with E-state index in [2.05, 4.69) is 0 Å². The maximum atomic E-state index is 12.7. The number of nitrogens with zero attached hydrogens (tertiary/aromatic N) is 1. The van der Waals surface area contributed by atoms with Gasteiger partial charge in [0.15, 0.2) is 5.60 Å². The Labute approximate surface area is 104 Å². The molecule has 1 amide bonds. The largest absolute Gasteiger partial charge is 0.437 e. The van der Waals surface area contributed by atoms with Crippen LogP contribution in [0.3, 0.4) is 0 Å². The van der Waals surface area contributed by atoms with E-state index in [0.29, 0.717) is 12.8 Å². The van der Waals surface area contributed by atoms with E-state index < -0.39 is 18.1 Å². The van der Waals surface area contributed by atoms with E-state index in [1.165, 1.54) is 18.7 Å². The Kier molecular flexibility index (Phi) is 3.29. The van der Waals surface area contributed by atoms with Crippen LogP contribution in [0.4, 0.5) is 13.6 Å². The molecule has 0 saturated carbocycles. The van der Waals surface area contributed by atoms with Crippen LogP contribution >= 0.6 is 0 Å². The first-order valence-corrected chi connectivity index (χ1v) is 6.12. The van der Waals surface area contributed by atoms with Crippen molar-refractivity contribution in [3.05, 3.63) is 0 Å². The van der Waals surface area contributed by atoms with Crippen molar-refractivity contribution in [2.75, 3.05) is 0 Å². The number of rotatable bonds is 2. The Morgan fingerprint density at radius 1 is 1.33 bits per heavy atom. The predicted octanol–water partition coefficient (Wildman–Crippen LogP) is 2.36. The Bertz CT molecular complexity index is 354. The molecule has 0 aromatic heterocycles. The normalized spacial score (nSPS) is 27.8. The molecule has 0 N–H and O–H groups in total. The molecular formula is C12H17F2NO3. The van der Waals surface area contributed by atoms with Gasteiger partial charge in [-0.1, -0.05) is 0 Å². The van der Waals surface area contributed by atoms with Gasteiger partial charge in [0, 0.05) is 24.9 Å². The van der Waals surface area contributed by atoms with E-state index in [0.717, 1.165) is 12.8 Å². The summed E-state index contributed by atoms with van der Waals surface area (Å²) in [7, 11) is 0. The summed E-state index contributed by atoms with van der Waals surface area (Å²) in [5.74, 6) is 0.139. The Morgan fingerprint density at radius 2 is 1.83 bits per heavy atom. The zero-order chi connectivity index (χ0) is 13.5. The molecule has 2 heterocycles. The standard InChI is InChI=1S/C12H17F2NO3/c1-12(2,10(13)14)18-11(17)15-7-3-4-8(15)6-9(16)5-7/h7-8,10H,3-6H2,1-2H3. The van der Waals surface area contributed by atoms with E-state index in [4.69, 9.17) is 4.74 Å². The second kappa shape index (κ2) is 4.48. The van der Waals surface area contributed by atoms with Crippen molar-refractivity contribution >= 4 is 11.9 Å². The number of ether oxygens (including phenoxy) is 1. The average molecular weight is 261 g/mol. The summed E-state index contributed by atoms with van der Waals surface area (Å²) in [5, 5.41) is 0. The molecule has 0 spiro atoms. The van der Waals surface area contributed by atoms with Crippen molar-refractivity contribution in [1.29, 1.82) is 0 Å². The first-order chi connectivity index (χ1) is 8.31. The van der Waals surface area contributed by atoms with Crippen molar-refractivity contribution in [2.24, 2.45) is 0 Å². The molecule has 2 fully saturated rings. The van der Waals surface area contributed by atoms with E-state index >= 15 is 0 Å². The Balaban J connectivity index is 2.05. The monoisotopic (exact) mass is 261 g/mol. The first kappa shape index (κ1) is 13.2. The molecule has 2 atom stereocenters. The topological polar surface area (TPSA) is 46.6 Å². The molecule has 2 unspecified atom stereocenters. The number of piperidine rings is 1. The lowest BCUT2D eigenvalue weighted by atomic mass is 10.0. The predicted molar refractivity (Wildman–Crippen MR) is 59.5 cm³/mol. The van der Waals surface area contributed by atoms with Crippen molar-refractivity contribution in [2.45, 2.75) is 63.6 Å². The van der Waals surface area contributed by atoms with Crippen LogP contribution < -0.4 is 0 Å². The molecule has 102 valence electrons. The maximum Gasteiger partial charge on any atom is 0.411 e. The van der Waals surface area contributed by atoms with Crippen molar-refractivity contribution in [3.63, 3.8) is 0 Å². The first-order valence-electron chi connectivity index (χ1n) is 6.12. The third-order valence-corrected chi connectivity index (χ3v) is 3.63. The highest BCUT2D eigenvalue weighted by Crippen LogP contribution is 2.35. The molecule has 2 bridgehead atoms. The molecule has 0 aliphatic carbocycles. The third-order valence-electron chi connectivity index (χ3n) is 3.63. The summed E-state index contributed by atoms with van der Waals surface area (Å²) in [6.45, 7) is 2.37. The smallest absolute Gasteiger partial charge is 0.411 e. The third kappa shape index (κ3) is 2.33. The minimum atomic E-state index is -2.73. The van der Waals surface area contributed by atoms with Gasteiger partial charge < -0.3 is 9.64 Å². The van der Waals surface area contributed by atoms with Gasteiger partial charge in [0.2, 0.25) is 0 Å². The fraction of sp³-hybridized carbons (Fsp3) is 0.833. The van der Waals surface area contributed by atoms with E-state index in [1.807, 2.05) is 0 Å². The number of carbonyl (C=O) groups excluding carboxylic acids is 2. The number of carbonyl (C=O) groups is 2. The number of alkyl halides is 2. The molecule has 0 radical (unpaired) electrons. The summed E-state index contributed by atoms with van der Waals surface area (Å²) in [6, 6.07) is -0.338. The number of fused-ring (bicyclic) bond motifs is 2. The lowest BCUT2D eigenvalue weighted by Crippen LogP contribution is -2.50. The highest BCUT2D eigenvalue weighted by Gasteiger charge is 2.45. The van der Waals surface area contributed by atoms with Gasteiger partial charge in [0.05, 0.1) is 0 Å². The van der Waals surface area contributed by atoms with Crippen molar-refractivity contribution in [3.8, 4) is 0 Å². The maximum absolute atomic E-state index is 12.7. The molecule has 4 nitrogen and oxygen atoms in total. The van der Waals surface area contributed by atoms with Crippen LogP contribution in [-0.4, -0.2) is 40.9 Å². The van der Waals surface area contributed by atoms with E-state index in [1.54, 1.807) is 0 Å². The van der Waals surface area contributed by atoms with Gasteiger partial charge in [-0.3, -0.25) is 4.79 Å². The number of hydrogen-bond acceptors (Lipinski definition) is 3. The van der Waals surface area contributed by atoms with Crippen LogP contribution in [0.1, 0.15) is 39.5 Å². The zero-order valence-corrected chi connectivity index (χ0v) is 10.5. The Hall–Kier alpha value is -1.20. The van der Waals surface area contributed by atoms with Gasteiger partial charge in [-0.15, -0.1) is 0 Å². The number of amides is 1. The van der Waals surface area contributed by atoms with Crippen LogP contribution in [0, 0.1) is 0 Å². The van der Waals surface area contributed by atoms with Gasteiger partial charge in [0.25, 0.3) is 6.43 Å². The molecule has 0 aromatic carbocycles. The molecule has 18 heavy (non-hydrogen) atoms. The number of ketones is 1. The summed E-state index contributed by atoms with van der Waals surface area (Å²) in [6.07, 6.45) is -1.31. The van der Waals surface area contributed by atoms with Crippen LogP contribution in [0.2, 0.25) is 0 Å². The number of hydrogen-bond donors (Lipinski definition) is 0. The molecule has 0 aromatic rings. The van der Waals surface area contributed by atoms with Gasteiger partial charge in [0.1, 0.15) is 5.78 Å². The zero-order valence-electron chi connectivity index (χ0n) is 10.5. The highest BCUT2D eigenvalue weighted by molar-refractivity contribution is 5.83. The van der Waals surface area contributed by atoms with Crippen molar-refractivity contribution in [1.82, 2.24) is 4.90 Å². The summed E-state index contributed by atoms with van der Waals surface area (Å²) < 4.78 is 30.2. The van der Waals surface area contributed by atoms with Gasteiger partial charge in [-0.2, -0.15) is 0 Å². The molecule has 2 aliphatic heterocycles. The highest BCUT2D eigenvalue weighted by atomic mass is 19.3. The van der Waals surface area contributed by atoms with Crippen LogP contribution in [0.5, 0.6) is 0 Å². The van der Waals surface area contributed by atoms with Crippen molar-refractivity contribution < 1.29 is 23.1 Å². The van der Waals surface area contributed by atoms with Crippen LogP contribution in [-0.2, 0) is 9.53 Å². The molecule has 2 aliphatic rings. The number of Topliss-reactive ketones (excluding diaryl/α,β-unsaturated/α-hetero) is 1. The molecular weight excluding hydrogens is 244 g/mol. The van der Waals surface area contributed by atoms with Gasteiger partial charge in [-0.05, 0) is 26.7 Å². The molecule has 2 rings (SSSR count). The van der Waals surface area contributed by atoms with Gasteiger partial charge in [-0.25, -0.2) is 13.6 Å². The minimum Gasteiger partial charge on any atom is -0.437 e. The Morgan fingerprint density at radius 3 is 2.28 bits per heavy atom. The summed E-state index contributed by atoms with van der Waals surface area (Å²) >= 11 is 0. The number of halogens is 2. The SMILES string of the molecule is CC(C)(OC(=O)N1C2CCC1CC(=O)C2)C(F)F. The quantitative estimate of drug-likeness (QED) is 0.766. The molecule has 6 heteroatoms. The molecule has 2 saturated heterocycles. The van der Waals surface area contributed by atoms with Crippen LogP contribution in [0.25, 0.3) is 0 Å². The second-order valence-electron chi connectivity index (χ2n) is 5.51. The minimum absolute atomic E-state index is 0.139. The second-order valence-corrected chi connectivity index (χ2v) is 5.51. The van der Waals surface area contributed by atoms with Gasteiger partial charge >= 0.3 is 6.09 Å². The van der Waals surface area contributed by atoms with E-state index in [9.17, 15) is 18.4 Å². The summed E-state index contributed by atoms with van der Waals surface area (Å²) in [5.41, 5.74) is -1.79. The lowest BCUT2D eigenvalue weighted by molar-refractivity contribution is -0.124. The fourth-order valence-corrected chi connectivity index (χ4v) is 2.59.